The van der Waals surface area contributed by atoms with Crippen molar-refractivity contribution in [3.05, 3.63) is 128 Å². The second-order valence-electron chi connectivity index (χ2n) is 10.8. The Labute approximate surface area is 239 Å². The lowest BCUT2D eigenvalue weighted by molar-refractivity contribution is -0.124. The fourth-order valence-corrected chi connectivity index (χ4v) is 7.34. The number of hydrogen-bond donors (Lipinski definition) is 1. The fourth-order valence-electron chi connectivity index (χ4n) is 7.16. The summed E-state index contributed by atoms with van der Waals surface area (Å²) in [5.74, 6) is -2.27. The first-order valence-electron chi connectivity index (χ1n) is 13.3. The summed E-state index contributed by atoms with van der Waals surface area (Å²) in [6.07, 6.45) is 2.05. The number of aromatic nitrogens is 3. The van der Waals surface area contributed by atoms with Crippen LogP contribution in [0.25, 0.3) is 0 Å². The fraction of sp³-hybridized carbons (Fsp3) is 0.226. The lowest BCUT2D eigenvalue weighted by Gasteiger charge is -2.49. The first-order chi connectivity index (χ1) is 19.7. The number of anilines is 1. The van der Waals surface area contributed by atoms with Crippen molar-refractivity contribution in [3.63, 3.8) is 0 Å². The van der Waals surface area contributed by atoms with Crippen LogP contribution in [0.3, 0.4) is 0 Å². The Balaban J connectivity index is 1.55. The van der Waals surface area contributed by atoms with Gasteiger partial charge in [-0.1, -0.05) is 66.2 Å². The molecular formula is C31H25ClN4O5. The van der Waals surface area contributed by atoms with Crippen molar-refractivity contribution in [1.29, 1.82) is 0 Å². The molecule has 2 aliphatic heterocycles. The highest BCUT2D eigenvalue weighted by Crippen LogP contribution is 2.62. The van der Waals surface area contributed by atoms with E-state index in [9.17, 15) is 24.3 Å². The van der Waals surface area contributed by atoms with Gasteiger partial charge in [0.05, 0.1) is 29.6 Å². The van der Waals surface area contributed by atoms with Crippen LogP contribution in [0, 0.1) is 5.92 Å². The Kier molecular flexibility index (Phi) is 5.53. The van der Waals surface area contributed by atoms with Crippen LogP contribution in [0.15, 0.2) is 100 Å². The molecule has 9 nitrogen and oxygen atoms in total. The van der Waals surface area contributed by atoms with E-state index in [1.54, 1.807) is 48.5 Å². The van der Waals surface area contributed by atoms with Crippen molar-refractivity contribution in [1.82, 2.24) is 13.9 Å². The molecule has 0 radical (unpaired) electrons. The molecule has 2 amide bonds. The van der Waals surface area contributed by atoms with Crippen LogP contribution in [0.1, 0.15) is 29.5 Å². The van der Waals surface area contributed by atoms with E-state index >= 15 is 0 Å². The maximum atomic E-state index is 14.9. The van der Waals surface area contributed by atoms with Gasteiger partial charge in [0.25, 0.3) is 0 Å². The summed E-state index contributed by atoms with van der Waals surface area (Å²) in [4.78, 5) is 56.9. The van der Waals surface area contributed by atoms with E-state index in [0.717, 1.165) is 10.1 Å². The number of allylic oxidation sites excluding steroid dienone is 2. The SMILES string of the molecule is Cn1c(=O)n2n(c1=O)[C@@H]1C[C@H]3C(=O)N(c4cccc(Cl)c4)C(=O)[C@@]3(c3ccccc3)[C@@H](c3ccc(O)cc3)C1=CC2. The number of carbonyl (C=O) groups excluding carboxylic acids is 2. The van der Waals surface area contributed by atoms with Gasteiger partial charge in [-0.3, -0.25) is 9.59 Å². The molecule has 2 fully saturated rings. The third kappa shape index (κ3) is 3.35. The minimum absolute atomic E-state index is 0.0616. The zero-order chi connectivity index (χ0) is 28.6. The number of carbonyl (C=O) groups is 2. The van der Waals surface area contributed by atoms with Gasteiger partial charge in [0.1, 0.15) is 5.75 Å². The Morgan fingerprint density at radius 3 is 2.34 bits per heavy atom. The molecule has 10 heteroatoms. The molecule has 4 atom stereocenters. The highest BCUT2D eigenvalue weighted by molar-refractivity contribution is 6.32. The topological polar surface area (TPSA) is 107 Å². The molecule has 0 spiro atoms. The predicted molar refractivity (Wildman–Crippen MR) is 152 cm³/mol. The van der Waals surface area contributed by atoms with Crippen LogP contribution < -0.4 is 16.3 Å². The number of imide groups is 1. The van der Waals surface area contributed by atoms with Crippen LogP contribution in [0.4, 0.5) is 5.69 Å². The molecule has 1 saturated heterocycles. The van der Waals surface area contributed by atoms with E-state index in [1.165, 1.54) is 21.3 Å². The lowest BCUT2D eigenvalue weighted by atomic mass is 9.53. The zero-order valence-electron chi connectivity index (χ0n) is 22.0. The monoisotopic (exact) mass is 568 g/mol. The second-order valence-corrected chi connectivity index (χ2v) is 11.2. The summed E-state index contributed by atoms with van der Waals surface area (Å²) in [5.41, 5.74) is 0.243. The first kappa shape index (κ1) is 25.3. The van der Waals surface area contributed by atoms with E-state index < -0.39 is 40.6 Å². The van der Waals surface area contributed by atoms with Gasteiger partial charge in [-0.25, -0.2) is 28.4 Å². The minimum Gasteiger partial charge on any atom is -0.508 e. The summed E-state index contributed by atoms with van der Waals surface area (Å²) < 4.78 is 3.88. The van der Waals surface area contributed by atoms with Crippen molar-refractivity contribution in [3.8, 4) is 5.75 Å². The molecular weight excluding hydrogens is 544 g/mol. The largest absolute Gasteiger partial charge is 0.508 e. The highest BCUT2D eigenvalue weighted by atomic mass is 35.5. The Hall–Kier alpha value is -4.63. The number of amides is 2. The standard InChI is InChI=1S/C31H25ClN4O5/c1-33-29(40)34-15-14-23-25(36(34)30(33)41)17-24-27(38)35(21-9-5-8-20(32)16-21)28(39)31(24,19-6-3-2-4-7-19)26(23)18-10-12-22(37)13-11-18/h2-14,16,24-26,37H,15,17H2,1H3/t24-,25+,26-,31+/m0/s1. The summed E-state index contributed by atoms with van der Waals surface area (Å²) >= 11 is 6.30. The molecule has 41 heavy (non-hydrogen) atoms. The number of benzene rings is 3. The van der Waals surface area contributed by atoms with Gasteiger partial charge in [0.15, 0.2) is 0 Å². The maximum Gasteiger partial charge on any atom is 0.347 e. The van der Waals surface area contributed by atoms with Gasteiger partial charge in [0, 0.05) is 18.0 Å². The van der Waals surface area contributed by atoms with E-state index in [4.69, 9.17) is 11.6 Å². The van der Waals surface area contributed by atoms with E-state index in [1.807, 2.05) is 36.4 Å². The smallest absolute Gasteiger partial charge is 0.347 e. The van der Waals surface area contributed by atoms with Gasteiger partial charge in [0.2, 0.25) is 11.8 Å². The number of rotatable bonds is 3. The van der Waals surface area contributed by atoms with Gasteiger partial charge in [-0.15, -0.1) is 0 Å². The Morgan fingerprint density at radius 2 is 1.63 bits per heavy atom. The van der Waals surface area contributed by atoms with Gasteiger partial charge < -0.3 is 5.11 Å². The molecule has 7 rings (SSSR count). The van der Waals surface area contributed by atoms with Gasteiger partial charge >= 0.3 is 11.4 Å². The minimum atomic E-state index is -1.36. The number of halogens is 1. The molecule has 0 bridgehead atoms. The van der Waals surface area contributed by atoms with Crippen molar-refractivity contribution in [2.75, 3.05) is 4.90 Å². The number of nitrogens with zero attached hydrogens (tertiary/aromatic N) is 4. The number of phenolic OH excluding ortho intramolecular Hbond substituents is 1. The molecule has 206 valence electrons. The van der Waals surface area contributed by atoms with E-state index in [0.29, 0.717) is 21.8 Å². The van der Waals surface area contributed by atoms with Gasteiger partial charge in [-0.2, -0.15) is 0 Å². The number of phenols is 1. The molecule has 4 aromatic rings. The van der Waals surface area contributed by atoms with Crippen molar-refractivity contribution in [2.24, 2.45) is 13.0 Å². The Bertz CT molecular complexity index is 1890. The molecule has 1 saturated carbocycles. The summed E-state index contributed by atoms with van der Waals surface area (Å²) in [7, 11) is 1.43. The van der Waals surface area contributed by atoms with E-state index in [2.05, 4.69) is 0 Å². The molecule has 3 aliphatic rings. The highest BCUT2D eigenvalue weighted by Gasteiger charge is 2.68. The first-order valence-corrected chi connectivity index (χ1v) is 13.7. The van der Waals surface area contributed by atoms with Gasteiger partial charge in [-0.05, 0) is 53.5 Å². The molecule has 1 aromatic heterocycles. The van der Waals surface area contributed by atoms with E-state index in [-0.39, 0.29) is 24.6 Å². The third-order valence-electron chi connectivity index (χ3n) is 8.85. The molecule has 1 N–H and O–H groups in total. The maximum absolute atomic E-state index is 14.9. The van der Waals surface area contributed by atoms with Crippen molar-refractivity contribution < 1.29 is 14.7 Å². The molecule has 0 unspecified atom stereocenters. The summed E-state index contributed by atoms with van der Waals surface area (Å²) in [5, 5.41) is 10.5. The lowest BCUT2D eigenvalue weighted by Crippen LogP contribution is -2.53. The zero-order valence-corrected chi connectivity index (χ0v) is 22.7. The van der Waals surface area contributed by atoms with Crippen LogP contribution in [0.5, 0.6) is 5.75 Å². The van der Waals surface area contributed by atoms with Crippen molar-refractivity contribution in [2.45, 2.75) is 30.3 Å². The predicted octanol–water partition coefficient (Wildman–Crippen LogP) is 3.50. The van der Waals surface area contributed by atoms with Crippen molar-refractivity contribution >= 4 is 29.1 Å². The number of fused-ring (bicyclic) bond motifs is 4. The number of aromatic hydroxyl groups is 1. The molecule has 3 aromatic carbocycles. The van der Waals surface area contributed by atoms with Crippen LogP contribution in [0.2, 0.25) is 5.02 Å². The third-order valence-corrected chi connectivity index (χ3v) is 9.08. The second kappa shape index (κ2) is 8.94. The van der Waals surface area contributed by atoms with Crippen LogP contribution in [-0.2, 0) is 28.6 Å². The quantitative estimate of drug-likeness (QED) is 0.301. The average molecular weight is 569 g/mol. The average Bonchev–Trinajstić information content (AvgIpc) is 3.34. The molecule has 1 aliphatic carbocycles. The summed E-state index contributed by atoms with van der Waals surface area (Å²) in [6, 6.07) is 21.9. The van der Waals surface area contributed by atoms with Crippen LogP contribution >= 0.6 is 11.6 Å². The molecule has 3 heterocycles. The number of hydrogen-bond acceptors (Lipinski definition) is 5. The normalized spacial score (nSPS) is 25.0. The van der Waals surface area contributed by atoms with Crippen LogP contribution in [-0.4, -0.2) is 30.9 Å². The Morgan fingerprint density at radius 1 is 0.902 bits per heavy atom. The summed E-state index contributed by atoms with van der Waals surface area (Å²) in [6.45, 7) is 0.144.